The molecule has 1 aliphatic carbocycles. The van der Waals surface area contributed by atoms with Gasteiger partial charge in [-0.25, -0.2) is 4.98 Å². The number of aryl methyl sites for hydroxylation is 1. The fraction of sp³-hybridized carbons (Fsp3) is 0.600. The summed E-state index contributed by atoms with van der Waals surface area (Å²) >= 11 is 1.53. The lowest BCUT2D eigenvalue weighted by Gasteiger charge is -2.06. The van der Waals surface area contributed by atoms with E-state index in [-0.39, 0.29) is 18.3 Å². The number of nitrogens with zero attached hydrogens (tertiary/aromatic N) is 1. The molecule has 0 atom stereocenters. The Kier molecular flexibility index (Phi) is 4.29. The predicted octanol–water partition coefficient (Wildman–Crippen LogP) is 1.95. The molecule has 0 aromatic carbocycles. The topological polar surface area (TPSA) is 68.0 Å². The largest absolute Gasteiger partial charge is 0.317 e. The lowest BCUT2D eigenvalue weighted by molar-refractivity contribution is -0.118. The highest BCUT2D eigenvalue weighted by Crippen LogP contribution is 2.33. The zero-order valence-electron chi connectivity index (χ0n) is 9.16. The van der Waals surface area contributed by atoms with Crippen LogP contribution in [-0.2, 0) is 11.2 Å². The van der Waals surface area contributed by atoms with E-state index in [9.17, 15) is 4.79 Å². The van der Waals surface area contributed by atoms with Crippen LogP contribution in [0.5, 0.6) is 0 Å². The van der Waals surface area contributed by atoms with Crippen molar-refractivity contribution < 1.29 is 4.79 Å². The highest BCUT2D eigenvalue weighted by molar-refractivity contribution is 7.15. The zero-order chi connectivity index (χ0) is 10.9. The second-order valence-electron chi connectivity index (χ2n) is 3.99. The minimum atomic E-state index is -0.614. The first-order valence-electron chi connectivity index (χ1n) is 5.19. The van der Waals surface area contributed by atoms with Gasteiger partial charge in [0, 0.05) is 11.1 Å². The molecule has 6 heteroatoms. The smallest absolute Gasteiger partial charge is 0.246 e. The van der Waals surface area contributed by atoms with Crippen LogP contribution in [0.15, 0.2) is 6.20 Å². The minimum Gasteiger partial charge on any atom is -0.317 e. The maximum atomic E-state index is 11.6. The summed E-state index contributed by atoms with van der Waals surface area (Å²) in [6.07, 6.45) is 5.50. The summed E-state index contributed by atoms with van der Waals surface area (Å²) in [5.41, 5.74) is 5.15. The molecule has 2 rings (SSSR count). The number of halogens is 1. The van der Waals surface area contributed by atoms with Crippen LogP contribution in [0.1, 0.15) is 31.1 Å². The Labute approximate surface area is 105 Å². The Morgan fingerprint density at radius 2 is 2.38 bits per heavy atom. The third-order valence-corrected chi connectivity index (χ3v) is 3.48. The van der Waals surface area contributed by atoms with Gasteiger partial charge in [-0.15, -0.1) is 23.7 Å². The number of rotatable bonds is 4. The number of nitrogens with one attached hydrogen (secondary N) is 1. The predicted molar refractivity (Wildman–Crippen MR) is 68.1 cm³/mol. The molecule has 1 heterocycles. The second-order valence-corrected chi connectivity index (χ2v) is 5.11. The Hall–Kier alpha value is -0.650. The van der Waals surface area contributed by atoms with Gasteiger partial charge in [0.05, 0.1) is 5.54 Å². The quantitative estimate of drug-likeness (QED) is 0.871. The van der Waals surface area contributed by atoms with Gasteiger partial charge in [0.1, 0.15) is 0 Å². The van der Waals surface area contributed by atoms with Crippen molar-refractivity contribution in [2.24, 2.45) is 5.73 Å². The van der Waals surface area contributed by atoms with E-state index in [1.165, 1.54) is 16.2 Å². The first-order chi connectivity index (χ1) is 7.14. The van der Waals surface area contributed by atoms with Crippen LogP contribution in [0, 0.1) is 0 Å². The molecule has 0 bridgehead atoms. The highest BCUT2D eigenvalue weighted by atomic mass is 35.5. The molecule has 0 radical (unpaired) electrons. The lowest BCUT2D eigenvalue weighted by Crippen LogP contribution is -2.37. The zero-order valence-corrected chi connectivity index (χ0v) is 10.8. The van der Waals surface area contributed by atoms with Crippen molar-refractivity contribution in [2.45, 2.75) is 38.1 Å². The fourth-order valence-electron chi connectivity index (χ4n) is 1.31. The third-order valence-electron chi connectivity index (χ3n) is 2.51. The molecule has 1 aromatic heterocycles. The van der Waals surface area contributed by atoms with E-state index in [1.54, 1.807) is 0 Å². The van der Waals surface area contributed by atoms with E-state index in [0.717, 1.165) is 25.7 Å². The standard InChI is InChI=1S/C10H15N3OS.ClH/c1-2-3-7-6-12-9(15-7)13-8(14)10(11)4-5-10;/h6H,2-5,11H2,1H3,(H,12,13,14);1H. The molecule has 0 saturated heterocycles. The number of anilines is 1. The molecule has 1 aromatic rings. The maximum absolute atomic E-state index is 11.6. The van der Waals surface area contributed by atoms with Gasteiger partial charge >= 0.3 is 0 Å². The van der Waals surface area contributed by atoms with E-state index < -0.39 is 5.54 Å². The monoisotopic (exact) mass is 261 g/mol. The number of hydrogen-bond acceptors (Lipinski definition) is 4. The molecule has 0 aliphatic heterocycles. The van der Waals surface area contributed by atoms with Gasteiger partial charge in [0.15, 0.2) is 5.13 Å². The molecule has 0 spiro atoms. The van der Waals surface area contributed by atoms with Crippen molar-refractivity contribution in [2.75, 3.05) is 5.32 Å². The van der Waals surface area contributed by atoms with Crippen molar-refractivity contribution in [1.29, 1.82) is 0 Å². The number of aromatic nitrogens is 1. The van der Waals surface area contributed by atoms with Crippen LogP contribution < -0.4 is 11.1 Å². The molecular weight excluding hydrogens is 246 g/mol. The van der Waals surface area contributed by atoms with Crippen LogP contribution >= 0.6 is 23.7 Å². The van der Waals surface area contributed by atoms with Gasteiger partial charge < -0.3 is 11.1 Å². The number of nitrogens with two attached hydrogens (primary N) is 1. The van der Waals surface area contributed by atoms with Crippen molar-refractivity contribution in [3.63, 3.8) is 0 Å². The summed E-state index contributed by atoms with van der Waals surface area (Å²) in [6.45, 7) is 2.12. The Morgan fingerprint density at radius 1 is 1.69 bits per heavy atom. The van der Waals surface area contributed by atoms with Crippen molar-refractivity contribution in [1.82, 2.24) is 4.98 Å². The van der Waals surface area contributed by atoms with E-state index in [1.807, 2.05) is 6.20 Å². The van der Waals surface area contributed by atoms with Gasteiger partial charge in [0.25, 0.3) is 0 Å². The van der Waals surface area contributed by atoms with Crippen molar-refractivity contribution in [3.05, 3.63) is 11.1 Å². The fourth-order valence-corrected chi connectivity index (χ4v) is 2.22. The van der Waals surface area contributed by atoms with Crippen LogP contribution in [0.3, 0.4) is 0 Å². The van der Waals surface area contributed by atoms with Gasteiger partial charge in [-0.3, -0.25) is 4.79 Å². The van der Waals surface area contributed by atoms with Gasteiger partial charge in [-0.05, 0) is 19.3 Å². The normalized spacial score (nSPS) is 16.4. The number of carbonyl (C=O) groups is 1. The number of amides is 1. The van der Waals surface area contributed by atoms with E-state index in [2.05, 4.69) is 17.2 Å². The minimum absolute atomic E-state index is 0. The summed E-state index contributed by atoms with van der Waals surface area (Å²) < 4.78 is 0. The average Bonchev–Trinajstić information content (AvgIpc) is 2.79. The third kappa shape index (κ3) is 2.93. The average molecular weight is 262 g/mol. The van der Waals surface area contributed by atoms with E-state index in [4.69, 9.17) is 5.73 Å². The number of carbonyl (C=O) groups excluding carboxylic acids is 1. The first kappa shape index (κ1) is 13.4. The molecule has 16 heavy (non-hydrogen) atoms. The molecular formula is C10H16ClN3OS. The van der Waals surface area contributed by atoms with E-state index >= 15 is 0 Å². The van der Waals surface area contributed by atoms with Crippen molar-refractivity contribution >= 4 is 34.8 Å². The van der Waals surface area contributed by atoms with Crippen LogP contribution in [0.25, 0.3) is 0 Å². The summed E-state index contributed by atoms with van der Waals surface area (Å²) in [5, 5.41) is 3.43. The Balaban J connectivity index is 0.00000128. The Morgan fingerprint density at radius 3 is 2.94 bits per heavy atom. The molecule has 4 nitrogen and oxygen atoms in total. The van der Waals surface area contributed by atoms with Gasteiger partial charge in [0.2, 0.25) is 5.91 Å². The van der Waals surface area contributed by atoms with Crippen LogP contribution in [-0.4, -0.2) is 16.4 Å². The summed E-state index contributed by atoms with van der Waals surface area (Å²) in [7, 11) is 0. The molecule has 1 aliphatic rings. The molecule has 1 amide bonds. The SMILES string of the molecule is CCCc1cnc(NC(=O)C2(N)CC2)s1.Cl. The highest BCUT2D eigenvalue weighted by Gasteiger charge is 2.46. The summed E-state index contributed by atoms with van der Waals surface area (Å²) in [4.78, 5) is 16.9. The first-order valence-corrected chi connectivity index (χ1v) is 6.01. The molecule has 3 N–H and O–H groups in total. The van der Waals surface area contributed by atoms with E-state index in [0.29, 0.717) is 5.13 Å². The Bertz CT molecular complexity index is 376. The molecule has 1 fully saturated rings. The number of hydrogen-bond donors (Lipinski definition) is 2. The summed E-state index contributed by atoms with van der Waals surface area (Å²) in [5.74, 6) is -0.0973. The number of thiazole rings is 1. The molecule has 90 valence electrons. The maximum Gasteiger partial charge on any atom is 0.246 e. The van der Waals surface area contributed by atoms with Crippen molar-refractivity contribution in [3.8, 4) is 0 Å². The van der Waals surface area contributed by atoms with Gasteiger partial charge in [-0.1, -0.05) is 13.3 Å². The van der Waals surface area contributed by atoms with Gasteiger partial charge in [-0.2, -0.15) is 0 Å². The lowest BCUT2D eigenvalue weighted by atomic mass is 10.3. The second kappa shape index (κ2) is 5.12. The molecule has 1 saturated carbocycles. The van der Waals surface area contributed by atoms with Crippen LogP contribution in [0.2, 0.25) is 0 Å². The summed E-state index contributed by atoms with van der Waals surface area (Å²) in [6, 6.07) is 0. The molecule has 0 unspecified atom stereocenters. The van der Waals surface area contributed by atoms with Crippen LogP contribution in [0.4, 0.5) is 5.13 Å².